The van der Waals surface area contributed by atoms with Gasteiger partial charge in [-0.1, -0.05) is 6.07 Å². The van der Waals surface area contributed by atoms with Crippen LogP contribution in [0.4, 0.5) is 25.0 Å². The molecule has 1 heterocycles. The van der Waals surface area contributed by atoms with Crippen LogP contribution >= 0.6 is 0 Å². The average Bonchev–Trinajstić information content (AvgIpc) is 2.93. The molecule has 29 heavy (non-hydrogen) atoms. The first kappa shape index (κ1) is 19.6. The highest BCUT2D eigenvalue weighted by Crippen LogP contribution is 2.31. The van der Waals surface area contributed by atoms with Crippen LogP contribution in [0.15, 0.2) is 36.4 Å². The van der Waals surface area contributed by atoms with E-state index in [9.17, 15) is 13.6 Å². The number of nitrogens with one attached hydrogen (secondary N) is 2. The largest absolute Gasteiger partial charge is 0.368 e. The molecule has 1 aliphatic heterocycles. The van der Waals surface area contributed by atoms with Crippen molar-refractivity contribution in [1.82, 2.24) is 10.2 Å². The molecular weight excluding hydrogens is 374 g/mol. The Morgan fingerprint density at radius 3 is 2.76 bits per heavy atom. The van der Waals surface area contributed by atoms with E-state index < -0.39 is 6.03 Å². The summed E-state index contributed by atoms with van der Waals surface area (Å²) >= 11 is 0. The van der Waals surface area contributed by atoms with Gasteiger partial charge in [0.25, 0.3) is 0 Å². The SMILES string of the molecule is CN1CCCN(c2ccc(NC(=O)NC3CCc4cc(F)ccc43)cc2F)CC1. The van der Waals surface area contributed by atoms with Crippen LogP contribution in [0, 0.1) is 11.6 Å². The Kier molecular flexibility index (Phi) is 5.67. The summed E-state index contributed by atoms with van der Waals surface area (Å²) in [6, 6.07) is 8.90. The summed E-state index contributed by atoms with van der Waals surface area (Å²) in [5, 5.41) is 5.61. The quantitative estimate of drug-likeness (QED) is 0.821. The Morgan fingerprint density at radius 1 is 1.07 bits per heavy atom. The molecule has 2 aromatic carbocycles. The normalized spacial score (nSPS) is 19.6. The predicted molar refractivity (Wildman–Crippen MR) is 110 cm³/mol. The van der Waals surface area contributed by atoms with Gasteiger partial charge in [0.05, 0.1) is 11.7 Å². The highest BCUT2D eigenvalue weighted by atomic mass is 19.1. The molecule has 1 aliphatic carbocycles. The van der Waals surface area contributed by atoms with E-state index in [2.05, 4.69) is 27.5 Å². The first-order valence-corrected chi connectivity index (χ1v) is 10.1. The van der Waals surface area contributed by atoms with Crippen molar-refractivity contribution in [2.24, 2.45) is 0 Å². The van der Waals surface area contributed by atoms with Crippen molar-refractivity contribution in [2.75, 3.05) is 43.4 Å². The Bertz CT molecular complexity index is 904. The average molecular weight is 400 g/mol. The number of likely N-dealkylation sites (N-methyl/N-ethyl adjacent to an activating group) is 1. The topological polar surface area (TPSA) is 47.6 Å². The molecule has 4 rings (SSSR count). The first-order chi connectivity index (χ1) is 14.0. The Balaban J connectivity index is 1.39. The molecule has 0 radical (unpaired) electrons. The van der Waals surface area contributed by atoms with E-state index in [0.29, 0.717) is 11.4 Å². The van der Waals surface area contributed by atoms with Gasteiger partial charge < -0.3 is 20.4 Å². The zero-order valence-corrected chi connectivity index (χ0v) is 16.5. The predicted octanol–water partition coefficient (Wildman–Crippen LogP) is 3.92. The number of anilines is 2. The van der Waals surface area contributed by atoms with Gasteiger partial charge in [-0.2, -0.15) is 0 Å². The number of benzene rings is 2. The zero-order valence-electron chi connectivity index (χ0n) is 16.5. The van der Waals surface area contributed by atoms with Gasteiger partial charge >= 0.3 is 6.03 Å². The third-order valence-corrected chi connectivity index (χ3v) is 5.75. The number of carbonyl (C=O) groups excluding carboxylic acids is 1. The molecular formula is C22H26F2N4O. The standard InChI is InChI=1S/C22H26F2N4O/c1-27-9-2-10-28(12-11-27)21-8-5-17(14-19(21)24)25-22(29)26-20-7-3-15-13-16(23)4-6-18(15)20/h4-6,8,13-14,20H,2-3,7,9-12H2,1H3,(H2,25,26,29). The van der Waals surface area contributed by atoms with Crippen LogP contribution in [-0.2, 0) is 6.42 Å². The maximum Gasteiger partial charge on any atom is 0.319 e. The Morgan fingerprint density at radius 2 is 1.93 bits per heavy atom. The van der Waals surface area contributed by atoms with Gasteiger partial charge in [-0.15, -0.1) is 0 Å². The number of rotatable bonds is 3. The number of nitrogens with zero attached hydrogens (tertiary/aromatic N) is 2. The third-order valence-electron chi connectivity index (χ3n) is 5.75. The maximum atomic E-state index is 14.7. The smallest absolute Gasteiger partial charge is 0.319 e. The fraction of sp³-hybridized carbons (Fsp3) is 0.409. The van der Waals surface area contributed by atoms with Crippen molar-refractivity contribution in [3.8, 4) is 0 Å². The van der Waals surface area contributed by atoms with Crippen LogP contribution in [0.1, 0.15) is 30.0 Å². The lowest BCUT2D eigenvalue weighted by Gasteiger charge is -2.23. The van der Waals surface area contributed by atoms with E-state index in [1.807, 2.05) is 0 Å². The van der Waals surface area contributed by atoms with E-state index in [1.54, 1.807) is 18.2 Å². The van der Waals surface area contributed by atoms with Crippen LogP contribution in [0.5, 0.6) is 0 Å². The van der Waals surface area contributed by atoms with Crippen LogP contribution in [0.2, 0.25) is 0 Å². The minimum atomic E-state index is -0.393. The molecule has 2 aromatic rings. The fourth-order valence-corrected chi connectivity index (χ4v) is 4.19. The van der Waals surface area contributed by atoms with Crippen molar-refractivity contribution in [2.45, 2.75) is 25.3 Å². The second-order valence-electron chi connectivity index (χ2n) is 7.84. The lowest BCUT2D eigenvalue weighted by Crippen LogP contribution is -2.32. The molecule has 1 fully saturated rings. The van der Waals surface area contributed by atoms with E-state index in [0.717, 1.165) is 56.6 Å². The number of halogens is 2. The molecule has 2 amide bonds. The molecule has 2 aliphatic rings. The van der Waals surface area contributed by atoms with Crippen molar-refractivity contribution >= 4 is 17.4 Å². The highest BCUT2D eigenvalue weighted by molar-refractivity contribution is 5.89. The van der Waals surface area contributed by atoms with Gasteiger partial charge in [-0.05, 0) is 74.3 Å². The van der Waals surface area contributed by atoms with E-state index in [-0.39, 0.29) is 17.7 Å². The van der Waals surface area contributed by atoms with Gasteiger partial charge in [-0.25, -0.2) is 13.6 Å². The molecule has 7 heteroatoms. The van der Waals surface area contributed by atoms with Gasteiger partial charge in [-0.3, -0.25) is 0 Å². The highest BCUT2D eigenvalue weighted by Gasteiger charge is 2.24. The molecule has 1 saturated heterocycles. The summed E-state index contributed by atoms with van der Waals surface area (Å²) in [5.74, 6) is -0.602. The lowest BCUT2D eigenvalue weighted by atomic mass is 10.1. The molecule has 154 valence electrons. The molecule has 0 saturated carbocycles. The molecule has 0 bridgehead atoms. The second kappa shape index (κ2) is 8.37. The maximum absolute atomic E-state index is 14.7. The van der Waals surface area contributed by atoms with Crippen LogP contribution < -0.4 is 15.5 Å². The van der Waals surface area contributed by atoms with Crippen LogP contribution in [-0.4, -0.2) is 44.2 Å². The lowest BCUT2D eigenvalue weighted by molar-refractivity contribution is 0.248. The first-order valence-electron chi connectivity index (χ1n) is 10.1. The summed E-state index contributed by atoms with van der Waals surface area (Å²) in [5.41, 5.74) is 2.84. The third kappa shape index (κ3) is 4.50. The van der Waals surface area contributed by atoms with Crippen LogP contribution in [0.3, 0.4) is 0 Å². The molecule has 0 spiro atoms. The van der Waals surface area contributed by atoms with E-state index >= 15 is 0 Å². The Labute approximate surface area is 169 Å². The summed E-state index contributed by atoms with van der Waals surface area (Å²) in [6.45, 7) is 3.50. The number of urea groups is 1. The number of fused-ring (bicyclic) bond motifs is 1. The number of hydrogen-bond donors (Lipinski definition) is 2. The van der Waals surface area contributed by atoms with Crippen molar-refractivity contribution in [3.05, 3.63) is 59.2 Å². The van der Waals surface area contributed by atoms with Crippen molar-refractivity contribution in [3.63, 3.8) is 0 Å². The molecule has 5 nitrogen and oxygen atoms in total. The van der Waals surface area contributed by atoms with Gasteiger partial charge in [0, 0.05) is 25.3 Å². The summed E-state index contributed by atoms with van der Waals surface area (Å²) < 4.78 is 28.0. The molecule has 2 N–H and O–H groups in total. The summed E-state index contributed by atoms with van der Waals surface area (Å²) in [7, 11) is 2.07. The van der Waals surface area contributed by atoms with E-state index in [1.165, 1.54) is 18.2 Å². The number of hydrogen-bond acceptors (Lipinski definition) is 3. The number of carbonyl (C=O) groups is 1. The summed E-state index contributed by atoms with van der Waals surface area (Å²) in [6.07, 6.45) is 2.44. The van der Waals surface area contributed by atoms with Gasteiger partial charge in [0.15, 0.2) is 0 Å². The monoisotopic (exact) mass is 400 g/mol. The second-order valence-corrected chi connectivity index (χ2v) is 7.84. The Hall–Kier alpha value is -2.67. The number of aryl methyl sites for hydroxylation is 1. The number of amides is 2. The van der Waals surface area contributed by atoms with Gasteiger partial charge in [0.1, 0.15) is 11.6 Å². The van der Waals surface area contributed by atoms with E-state index in [4.69, 9.17) is 0 Å². The van der Waals surface area contributed by atoms with Crippen molar-refractivity contribution < 1.29 is 13.6 Å². The van der Waals surface area contributed by atoms with Crippen LogP contribution in [0.25, 0.3) is 0 Å². The molecule has 1 atom stereocenters. The zero-order chi connectivity index (χ0) is 20.4. The van der Waals surface area contributed by atoms with Gasteiger partial charge in [0.2, 0.25) is 0 Å². The summed E-state index contributed by atoms with van der Waals surface area (Å²) in [4.78, 5) is 16.7. The minimum Gasteiger partial charge on any atom is -0.368 e. The van der Waals surface area contributed by atoms with Crippen molar-refractivity contribution in [1.29, 1.82) is 0 Å². The fourth-order valence-electron chi connectivity index (χ4n) is 4.19. The minimum absolute atomic E-state index is 0.163. The molecule has 1 unspecified atom stereocenters. The molecule has 0 aromatic heterocycles.